The summed E-state index contributed by atoms with van der Waals surface area (Å²) in [7, 11) is 0. The number of nitrogens with zero attached hydrogens (tertiary/aromatic N) is 1. The molecule has 2 bridgehead atoms. The minimum atomic E-state index is 0.450. The second-order valence-corrected chi connectivity index (χ2v) is 8.06. The van der Waals surface area contributed by atoms with Gasteiger partial charge in [0.15, 0.2) is 5.11 Å². The van der Waals surface area contributed by atoms with E-state index in [2.05, 4.69) is 53.6 Å². The molecule has 0 spiro atoms. The molecule has 0 saturated carbocycles. The van der Waals surface area contributed by atoms with Crippen molar-refractivity contribution in [1.82, 2.24) is 10.2 Å². The van der Waals surface area contributed by atoms with Crippen molar-refractivity contribution in [1.29, 1.82) is 0 Å². The fourth-order valence-corrected chi connectivity index (χ4v) is 4.74. The Bertz CT molecular complexity index is 760. The van der Waals surface area contributed by atoms with Crippen LogP contribution in [0.2, 0.25) is 0 Å². The molecule has 4 rings (SSSR count). The van der Waals surface area contributed by atoms with Crippen LogP contribution in [0.5, 0.6) is 0 Å². The lowest BCUT2D eigenvalue weighted by molar-refractivity contribution is 0.106. The van der Waals surface area contributed by atoms with Gasteiger partial charge in [-0.15, -0.1) is 0 Å². The first-order chi connectivity index (χ1) is 12.6. The first-order valence-electron chi connectivity index (χ1n) is 9.52. The first kappa shape index (κ1) is 17.6. The molecule has 26 heavy (non-hydrogen) atoms. The Labute approximate surface area is 161 Å². The monoisotopic (exact) mass is 369 g/mol. The minimum absolute atomic E-state index is 0.450. The zero-order valence-electron chi connectivity index (χ0n) is 15.5. The summed E-state index contributed by atoms with van der Waals surface area (Å²) in [6.07, 6.45) is 6.61. The predicted molar refractivity (Wildman–Crippen MR) is 109 cm³/mol. The van der Waals surface area contributed by atoms with Gasteiger partial charge in [-0.1, -0.05) is 12.1 Å². The molecular weight excluding hydrogens is 342 g/mol. The van der Waals surface area contributed by atoms with Gasteiger partial charge in [-0.25, -0.2) is 0 Å². The van der Waals surface area contributed by atoms with E-state index in [9.17, 15) is 0 Å². The van der Waals surface area contributed by atoms with Crippen molar-refractivity contribution in [2.45, 2.75) is 64.2 Å². The number of piperidine rings is 1. The molecule has 0 radical (unpaired) electrons. The topological polar surface area (TPSA) is 40.4 Å². The number of fused-ring (bicyclic) bond motifs is 2. The third-order valence-corrected chi connectivity index (χ3v) is 6.21. The number of nitrogens with one attached hydrogen (secondary N) is 2. The molecule has 0 amide bonds. The first-order valence-corrected chi connectivity index (χ1v) is 9.93. The Morgan fingerprint density at radius 2 is 1.92 bits per heavy atom. The fourth-order valence-electron chi connectivity index (χ4n) is 4.46. The van der Waals surface area contributed by atoms with E-state index in [1.807, 2.05) is 6.07 Å². The zero-order valence-corrected chi connectivity index (χ0v) is 16.3. The lowest BCUT2D eigenvalue weighted by Crippen LogP contribution is -2.50. The summed E-state index contributed by atoms with van der Waals surface area (Å²) in [5.41, 5.74) is 3.63. The van der Waals surface area contributed by atoms with Gasteiger partial charge < -0.3 is 15.1 Å². The number of hydrogen-bond donors (Lipinski definition) is 2. The number of benzene rings is 1. The molecule has 3 heterocycles. The van der Waals surface area contributed by atoms with E-state index in [4.69, 9.17) is 16.6 Å². The van der Waals surface area contributed by atoms with Gasteiger partial charge >= 0.3 is 0 Å². The number of rotatable bonds is 4. The van der Waals surface area contributed by atoms with Gasteiger partial charge in [0, 0.05) is 23.8 Å². The van der Waals surface area contributed by atoms with Crippen LogP contribution in [0.4, 0.5) is 5.69 Å². The summed E-state index contributed by atoms with van der Waals surface area (Å²) >= 11 is 5.59. The highest BCUT2D eigenvalue weighted by Gasteiger charge is 2.41. The van der Waals surface area contributed by atoms with E-state index in [1.54, 1.807) is 6.26 Å². The molecule has 0 aliphatic carbocycles. The van der Waals surface area contributed by atoms with Gasteiger partial charge in [0.25, 0.3) is 0 Å². The summed E-state index contributed by atoms with van der Waals surface area (Å²) in [5.74, 6) is 1.07. The average Bonchev–Trinajstić information content (AvgIpc) is 3.19. The molecule has 2 aliphatic rings. The van der Waals surface area contributed by atoms with Crippen LogP contribution in [0.25, 0.3) is 0 Å². The third kappa shape index (κ3) is 3.64. The number of aryl methyl sites for hydroxylation is 1. The van der Waals surface area contributed by atoms with Crippen LogP contribution in [0, 0.1) is 13.8 Å². The minimum Gasteiger partial charge on any atom is -0.468 e. The molecule has 138 valence electrons. The lowest BCUT2D eigenvalue weighted by Gasteiger charge is -2.39. The highest BCUT2D eigenvalue weighted by molar-refractivity contribution is 7.80. The van der Waals surface area contributed by atoms with Crippen molar-refractivity contribution >= 4 is 23.0 Å². The van der Waals surface area contributed by atoms with E-state index in [-0.39, 0.29) is 0 Å². The summed E-state index contributed by atoms with van der Waals surface area (Å²) in [5, 5.41) is 7.69. The molecule has 1 aromatic carbocycles. The van der Waals surface area contributed by atoms with Gasteiger partial charge in [-0.05, 0) is 81.1 Å². The van der Waals surface area contributed by atoms with Gasteiger partial charge in [0.1, 0.15) is 5.76 Å². The number of furan rings is 1. The molecule has 5 heteroatoms. The molecule has 2 aromatic rings. The van der Waals surface area contributed by atoms with Crippen molar-refractivity contribution in [2.24, 2.45) is 0 Å². The largest absolute Gasteiger partial charge is 0.468 e. The Kier molecular flexibility index (Phi) is 5.00. The highest BCUT2D eigenvalue weighted by atomic mass is 32.1. The quantitative estimate of drug-likeness (QED) is 0.783. The molecule has 2 aliphatic heterocycles. The van der Waals surface area contributed by atoms with Crippen molar-refractivity contribution < 1.29 is 4.42 Å². The van der Waals surface area contributed by atoms with Crippen LogP contribution >= 0.6 is 12.2 Å². The standard InChI is InChI=1S/C21H27N3OS/c1-14-5-3-7-20(15(14)2)23-21(26)22-16-11-17-8-9-18(12-16)24(17)13-19-6-4-10-25-19/h3-7,10,16-18H,8-9,11-13H2,1-2H3,(H2,22,23,26)/t16?,17-,18+. The van der Waals surface area contributed by atoms with Crippen molar-refractivity contribution in [3.8, 4) is 0 Å². The normalized spacial score (nSPS) is 25.2. The maximum Gasteiger partial charge on any atom is 0.171 e. The molecular formula is C21H27N3OS. The predicted octanol–water partition coefficient (Wildman–Crippen LogP) is 4.38. The fraction of sp³-hybridized carbons (Fsp3) is 0.476. The maximum atomic E-state index is 5.59. The van der Waals surface area contributed by atoms with Gasteiger partial charge in [-0.3, -0.25) is 4.90 Å². The summed E-state index contributed by atoms with van der Waals surface area (Å²) in [6.45, 7) is 5.19. The molecule has 1 aromatic heterocycles. The summed E-state index contributed by atoms with van der Waals surface area (Å²) < 4.78 is 5.55. The number of anilines is 1. The van der Waals surface area contributed by atoms with Gasteiger partial charge in [0.05, 0.1) is 12.8 Å². The van der Waals surface area contributed by atoms with Crippen LogP contribution in [0.3, 0.4) is 0 Å². The van der Waals surface area contributed by atoms with E-state index in [0.29, 0.717) is 18.1 Å². The second-order valence-electron chi connectivity index (χ2n) is 7.65. The number of hydrogen-bond acceptors (Lipinski definition) is 3. The lowest BCUT2D eigenvalue weighted by atomic mass is 9.97. The zero-order chi connectivity index (χ0) is 18.1. The Hall–Kier alpha value is -1.85. The van der Waals surface area contributed by atoms with Crippen molar-refractivity contribution in [3.63, 3.8) is 0 Å². The van der Waals surface area contributed by atoms with Gasteiger partial charge in [-0.2, -0.15) is 0 Å². The van der Waals surface area contributed by atoms with E-state index in [0.717, 1.165) is 35.9 Å². The number of thiocarbonyl (C=S) groups is 1. The SMILES string of the molecule is Cc1cccc(NC(=S)NC2C[C@H]3CC[C@@H](C2)N3Cc2ccco2)c1C. The highest BCUT2D eigenvalue weighted by Crippen LogP contribution is 2.37. The van der Waals surface area contributed by atoms with Crippen molar-refractivity contribution in [3.05, 3.63) is 53.5 Å². The summed E-state index contributed by atoms with van der Waals surface area (Å²) in [6, 6.07) is 12.0. The molecule has 2 fully saturated rings. The molecule has 4 nitrogen and oxygen atoms in total. The van der Waals surface area contributed by atoms with Crippen LogP contribution in [0.1, 0.15) is 42.6 Å². The van der Waals surface area contributed by atoms with Gasteiger partial charge in [0.2, 0.25) is 0 Å². The van der Waals surface area contributed by atoms with Crippen LogP contribution < -0.4 is 10.6 Å². The summed E-state index contributed by atoms with van der Waals surface area (Å²) in [4.78, 5) is 2.62. The molecule has 2 N–H and O–H groups in total. The Balaban J connectivity index is 1.34. The van der Waals surface area contributed by atoms with E-state index >= 15 is 0 Å². The molecule has 1 unspecified atom stereocenters. The molecule has 3 atom stereocenters. The van der Waals surface area contributed by atoms with E-state index < -0.39 is 0 Å². The Morgan fingerprint density at radius 3 is 2.62 bits per heavy atom. The average molecular weight is 370 g/mol. The third-order valence-electron chi connectivity index (χ3n) is 5.99. The smallest absolute Gasteiger partial charge is 0.171 e. The van der Waals surface area contributed by atoms with Crippen LogP contribution in [-0.4, -0.2) is 28.1 Å². The van der Waals surface area contributed by atoms with Crippen LogP contribution in [-0.2, 0) is 6.54 Å². The second kappa shape index (κ2) is 7.41. The van der Waals surface area contributed by atoms with Crippen LogP contribution in [0.15, 0.2) is 41.0 Å². The maximum absolute atomic E-state index is 5.59. The van der Waals surface area contributed by atoms with E-state index in [1.165, 1.54) is 24.0 Å². The Morgan fingerprint density at radius 1 is 1.15 bits per heavy atom. The molecule has 2 saturated heterocycles. The van der Waals surface area contributed by atoms with Crippen molar-refractivity contribution in [2.75, 3.05) is 5.32 Å².